The molecule has 0 saturated carbocycles. The van der Waals surface area contributed by atoms with E-state index in [-0.39, 0.29) is 16.6 Å². The normalized spacial score (nSPS) is 11.4. The highest BCUT2D eigenvalue weighted by Gasteiger charge is 2.19. The third-order valence-corrected chi connectivity index (χ3v) is 6.16. The monoisotopic (exact) mass is 380 g/mol. The first-order valence-corrected chi connectivity index (χ1v) is 9.85. The predicted octanol–water partition coefficient (Wildman–Crippen LogP) is 2.68. The van der Waals surface area contributed by atoms with Gasteiger partial charge in [-0.05, 0) is 30.3 Å². The van der Waals surface area contributed by atoms with Gasteiger partial charge in [0.15, 0.2) is 0 Å². The average molecular weight is 380 g/mol. The fourth-order valence-corrected chi connectivity index (χ4v) is 3.66. The Morgan fingerprint density at radius 1 is 1.16 bits per heavy atom. The largest absolute Gasteiger partial charge is 0.495 e. The van der Waals surface area contributed by atoms with Crippen molar-refractivity contribution in [2.75, 3.05) is 32.3 Å². The molecule has 2 aromatic rings. The summed E-state index contributed by atoms with van der Waals surface area (Å²) in [6.07, 6.45) is 0. The average Bonchev–Trinajstić information content (AvgIpc) is 2.60. The summed E-state index contributed by atoms with van der Waals surface area (Å²) in [5.74, 6) is 0.361. The first-order valence-electron chi connectivity index (χ1n) is 7.43. The summed E-state index contributed by atoms with van der Waals surface area (Å²) in [7, 11) is 0.773. The van der Waals surface area contributed by atoms with Crippen molar-refractivity contribution in [1.82, 2.24) is 4.31 Å². The Morgan fingerprint density at radius 3 is 2.44 bits per heavy atom. The molecule has 2 rings (SSSR count). The minimum atomic E-state index is -3.59. The van der Waals surface area contributed by atoms with E-state index in [2.05, 4.69) is 5.32 Å². The van der Waals surface area contributed by atoms with Gasteiger partial charge >= 0.3 is 0 Å². The molecule has 25 heavy (non-hydrogen) atoms. The fraction of sp³-hybridized carbons (Fsp3) is 0.235. The van der Waals surface area contributed by atoms with E-state index in [0.29, 0.717) is 11.4 Å². The van der Waals surface area contributed by atoms with Crippen LogP contribution in [0.3, 0.4) is 0 Å². The van der Waals surface area contributed by atoms with Gasteiger partial charge in [0.05, 0.1) is 23.4 Å². The van der Waals surface area contributed by atoms with Gasteiger partial charge in [-0.15, -0.1) is 11.8 Å². The Bertz CT molecular complexity index is 837. The molecule has 6 nitrogen and oxygen atoms in total. The van der Waals surface area contributed by atoms with Crippen molar-refractivity contribution in [2.45, 2.75) is 9.79 Å². The highest BCUT2D eigenvalue weighted by molar-refractivity contribution is 8.00. The number of methoxy groups -OCH3 is 1. The van der Waals surface area contributed by atoms with Gasteiger partial charge in [0.25, 0.3) is 0 Å². The molecule has 0 aromatic heterocycles. The van der Waals surface area contributed by atoms with Crippen LogP contribution in [0.1, 0.15) is 0 Å². The summed E-state index contributed by atoms with van der Waals surface area (Å²) in [4.78, 5) is 13.3. The van der Waals surface area contributed by atoms with Crippen molar-refractivity contribution in [3.8, 4) is 5.75 Å². The predicted molar refractivity (Wildman–Crippen MR) is 99.7 cm³/mol. The zero-order chi connectivity index (χ0) is 18.4. The molecule has 2 aromatic carbocycles. The number of hydrogen-bond acceptors (Lipinski definition) is 5. The number of benzene rings is 2. The number of sulfonamides is 1. The maximum Gasteiger partial charge on any atom is 0.242 e. The number of anilines is 1. The highest BCUT2D eigenvalue weighted by atomic mass is 32.2. The fourth-order valence-electron chi connectivity index (χ4n) is 2.01. The summed E-state index contributed by atoms with van der Waals surface area (Å²) in [6, 6.07) is 13.9. The van der Waals surface area contributed by atoms with E-state index < -0.39 is 10.0 Å². The van der Waals surface area contributed by atoms with E-state index in [1.165, 1.54) is 51.2 Å². The molecule has 0 aliphatic heterocycles. The van der Waals surface area contributed by atoms with Crippen molar-refractivity contribution in [3.05, 3.63) is 48.5 Å². The standard InChI is InChI=1S/C17H20N2O4S2/c1-19(2)25(21,22)14-9-10-16(23-3)15(11-14)18-17(20)12-24-13-7-5-4-6-8-13/h4-11H,12H2,1-3H3,(H,18,20). The maximum absolute atomic E-state index is 12.2. The first kappa shape index (κ1) is 19.3. The molecular weight excluding hydrogens is 360 g/mol. The second-order valence-corrected chi connectivity index (χ2v) is 8.50. The van der Waals surface area contributed by atoms with Gasteiger partial charge in [-0.2, -0.15) is 0 Å². The van der Waals surface area contributed by atoms with Crippen LogP contribution in [0.25, 0.3) is 0 Å². The summed E-state index contributed by atoms with van der Waals surface area (Å²) < 4.78 is 30.8. The Hall–Kier alpha value is -2.03. The number of rotatable bonds is 7. The summed E-state index contributed by atoms with van der Waals surface area (Å²) in [5, 5.41) is 2.72. The van der Waals surface area contributed by atoms with Crippen molar-refractivity contribution in [3.63, 3.8) is 0 Å². The number of carbonyl (C=O) groups is 1. The Kier molecular flexibility index (Phi) is 6.46. The van der Waals surface area contributed by atoms with E-state index in [1.807, 2.05) is 30.3 Å². The second-order valence-electron chi connectivity index (χ2n) is 5.30. The van der Waals surface area contributed by atoms with E-state index >= 15 is 0 Å². The van der Waals surface area contributed by atoms with Crippen LogP contribution in [0.2, 0.25) is 0 Å². The summed E-state index contributed by atoms with van der Waals surface area (Å²) >= 11 is 1.40. The zero-order valence-corrected chi connectivity index (χ0v) is 15.9. The molecule has 0 aliphatic carbocycles. The van der Waals surface area contributed by atoms with E-state index in [9.17, 15) is 13.2 Å². The van der Waals surface area contributed by atoms with Gasteiger partial charge in [0.2, 0.25) is 15.9 Å². The van der Waals surface area contributed by atoms with Gasteiger partial charge < -0.3 is 10.1 Å². The molecule has 1 N–H and O–H groups in total. The molecule has 0 unspecified atom stereocenters. The number of thioether (sulfide) groups is 1. The number of hydrogen-bond donors (Lipinski definition) is 1. The topological polar surface area (TPSA) is 75.7 Å². The van der Waals surface area contributed by atoms with Crippen LogP contribution >= 0.6 is 11.8 Å². The van der Waals surface area contributed by atoms with Gasteiger partial charge in [0, 0.05) is 19.0 Å². The lowest BCUT2D eigenvalue weighted by molar-refractivity contribution is -0.113. The van der Waals surface area contributed by atoms with Crippen LogP contribution < -0.4 is 10.1 Å². The third kappa shape index (κ3) is 4.97. The molecule has 0 radical (unpaired) electrons. The third-order valence-electron chi connectivity index (χ3n) is 3.34. The summed E-state index contributed by atoms with van der Waals surface area (Å²) in [6.45, 7) is 0. The van der Waals surface area contributed by atoms with E-state index in [4.69, 9.17) is 4.74 Å². The minimum Gasteiger partial charge on any atom is -0.495 e. The molecule has 134 valence electrons. The van der Waals surface area contributed by atoms with Gasteiger partial charge in [-0.1, -0.05) is 18.2 Å². The molecule has 0 saturated heterocycles. The van der Waals surface area contributed by atoms with Crippen LogP contribution in [0.15, 0.2) is 58.3 Å². The molecule has 0 spiro atoms. The number of nitrogens with zero attached hydrogens (tertiary/aromatic N) is 1. The lowest BCUT2D eigenvalue weighted by Gasteiger charge is -2.15. The van der Waals surface area contributed by atoms with Crippen LogP contribution in [0, 0.1) is 0 Å². The first-order chi connectivity index (χ1) is 11.8. The molecule has 8 heteroatoms. The second kappa shape index (κ2) is 8.37. The SMILES string of the molecule is COc1ccc(S(=O)(=O)N(C)C)cc1NC(=O)CSc1ccccc1. The lowest BCUT2D eigenvalue weighted by Crippen LogP contribution is -2.22. The molecular formula is C17H20N2O4S2. The molecule has 1 amide bonds. The summed E-state index contributed by atoms with van der Waals surface area (Å²) in [5.41, 5.74) is 0.323. The highest BCUT2D eigenvalue weighted by Crippen LogP contribution is 2.29. The maximum atomic E-state index is 12.2. The molecule has 0 fully saturated rings. The van der Waals surface area contributed by atoms with Crippen molar-refractivity contribution >= 4 is 33.4 Å². The van der Waals surface area contributed by atoms with Crippen LogP contribution in [0.4, 0.5) is 5.69 Å². The molecule has 0 bridgehead atoms. The number of nitrogens with one attached hydrogen (secondary N) is 1. The molecule has 0 aliphatic rings. The minimum absolute atomic E-state index is 0.0873. The zero-order valence-electron chi connectivity index (χ0n) is 14.2. The Balaban J connectivity index is 2.15. The smallest absolute Gasteiger partial charge is 0.242 e. The quantitative estimate of drug-likeness (QED) is 0.748. The van der Waals surface area contributed by atoms with Crippen LogP contribution in [-0.2, 0) is 14.8 Å². The number of carbonyl (C=O) groups excluding carboxylic acids is 1. The Labute approximate surface area is 152 Å². The molecule has 0 atom stereocenters. The molecule has 0 heterocycles. The number of ether oxygens (including phenoxy) is 1. The van der Waals surface area contributed by atoms with Gasteiger partial charge in [0.1, 0.15) is 5.75 Å². The lowest BCUT2D eigenvalue weighted by atomic mass is 10.3. The van der Waals surface area contributed by atoms with Gasteiger partial charge in [-0.25, -0.2) is 12.7 Å². The van der Waals surface area contributed by atoms with Crippen molar-refractivity contribution < 1.29 is 17.9 Å². The van der Waals surface area contributed by atoms with Gasteiger partial charge in [-0.3, -0.25) is 4.79 Å². The number of amides is 1. The van der Waals surface area contributed by atoms with E-state index in [0.717, 1.165) is 9.20 Å². The van der Waals surface area contributed by atoms with Crippen molar-refractivity contribution in [1.29, 1.82) is 0 Å². The van der Waals surface area contributed by atoms with Crippen LogP contribution in [0.5, 0.6) is 5.75 Å². The van der Waals surface area contributed by atoms with Crippen LogP contribution in [-0.4, -0.2) is 45.6 Å². The van der Waals surface area contributed by atoms with Crippen molar-refractivity contribution in [2.24, 2.45) is 0 Å². The Morgan fingerprint density at radius 2 is 1.84 bits per heavy atom. The van der Waals surface area contributed by atoms with E-state index in [1.54, 1.807) is 0 Å².